The number of thiazole rings is 1. The van der Waals surface area contributed by atoms with Gasteiger partial charge in [-0.15, -0.1) is 11.3 Å². The van der Waals surface area contributed by atoms with Gasteiger partial charge in [0.05, 0.1) is 19.9 Å². The molecule has 0 bridgehead atoms. The van der Waals surface area contributed by atoms with Crippen LogP contribution in [0.1, 0.15) is 29.0 Å². The second kappa shape index (κ2) is 8.46. The first-order chi connectivity index (χ1) is 13.6. The normalized spacial score (nSPS) is 19.3. The van der Waals surface area contributed by atoms with Crippen LogP contribution in [-0.2, 0) is 29.0 Å². The zero-order valence-electron chi connectivity index (χ0n) is 16.2. The van der Waals surface area contributed by atoms with E-state index in [1.807, 2.05) is 18.2 Å². The van der Waals surface area contributed by atoms with Crippen molar-refractivity contribution >= 4 is 22.4 Å². The molecule has 0 saturated carbocycles. The summed E-state index contributed by atoms with van der Waals surface area (Å²) in [4.78, 5) is 20.5. The Morgan fingerprint density at radius 2 is 2.11 bits per heavy atom. The van der Waals surface area contributed by atoms with E-state index in [4.69, 9.17) is 14.2 Å². The second-order valence-corrected chi connectivity index (χ2v) is 8.14. The van der Waals surface area contributed by atoms with E-state index in [9.17, 15) is 4.79 Å². The lowest BCUT2D eigenvalue weighted by Gasteiger charge is -2.26. The molecule has 28 heavy (non-hydrogen) atoms. The Morgan fingerprint density at radius 3 is 2.79 bits per heavy atom. The number of nitrogens with one attached hydrogen (secondary N) is 1. The van der Waals surface area contributed by atoms with E-state index < -0.39 is 0 Å². The summed E-state index contributed by atoms with van der Waals surface area (Å²) in [5.74, 6) is 1.51. The van der Waals surface area contributed by atoms with Crippen molar-refractivity contribution in [3.05, 3.63) is 34.3 Å². The molecule has 3 heterocycles. The molecule has 4 rings (SSSR count). The number of methoxy groups -OCH3 is 2. The van der Waals surface area contributed by atoms with E-state index in [0.29, 0.717) is 11.7 Å². The fraction of sp³-hybridized carbons (Fsp3) is 0.500. The Hall–Kier alpha value is -2.16. The summed E-state index contributed by atoms with van der Waals surface area (Å²) in [5.41, 5.74) is 2.24. The first-order valence-electron chi connectivity index (χ1n) is 9.50. The molecule has 0 radical (unpaired) electrons. The third-order valence-electron chi connectivity index (χ3n) is 5.08. The Morgan fingerprint density at radius 1 is 1.32 bits per heavy atom. The van der Waals surface area contributed by atoms with E-state index >= 15 is 0 Å². The highest BCUT2D eigenvalue weighted by Crippen LogP contribution is 2.30. The van der Waals surface area contributed by atoms with Gasteiger partial charge in [0.2, 0.25) is 0 Å². The molecule has 1 aromatic heterocycles. The molecule has 0 aliphatic carbocycles. The zero-order valence-corrected chi connectivity index (χ0v) is 17.0. The van der Waals surface area contributed by atoms with Crippen molar-refractivity contribution in [3.8, 4) is 11.5 Å². The van der Waals surface area contributed by atoms with Crippen molar-refractivity contribution in [2.24, 2.45) is 0 Å². The molecule has 1 aromatic carbocycles. The predicted octanol–water partition coefficient (Wildman–Crippen LogP) is 2.84. The van der Waals surface area contributed by atoms with Gasteiger partial charge in [0.1, 0.15) is 17.6 Å². The van der Waals surface area contributed by atoms with Gasteiger partial charge in [0.25, 0.3) is 5.91 Å². The lowest BCUT2D eigenvalue weighted by Crippen LogP contribution is -2.29. The van der Waals surface area contributed by atoms with Crippen LogP contribution in [0.2, 0.25) is 0 Å². The molecule has 2 aromatic rings. The highest BCUT2D eigenvalue weighted by Gasteiger charge is 2.26. The highest BCUT2D eigenvalue weighted by molar-refractivity contribution is 7.15. The van der Waals surface area contributed by atoms with Gasteiger partial charge in [-0.3, -0.25) is 15.0 Å². The van der Waals surface area contributed by atoms with Gasteiger partial charge in [-0.05, 0) is 30.5 Å². The summed E-state index contributed by atoms with van der Waals surface area (Å²) >= 11 is 1.56. The van der Waals surface area contributed by atoms with Crippen molar-refractivity contribution < 1.29 is 19.0 Å². The summed E-state index contributed by atoms with van der Waals surface area (Å²) in [5, 5.41) is 3.60. The van der Waals surface area contributed by atoms with Crippen LogP contribution < -0.4 is 14.8 Å². The highest BCUT2D eigenvalue weighted by atomic mass is 32.1. The molecule has 2 aliphatic rings. The molecule has 1 fully saturated rings. The summed E-state index contributed by atoms with van der Waals surface area (Å²) in [6, 6.07) is 5.96. The van der Waals surface area contributed by atoms with Crippen LogP contribution in [0.5, 0.6) is 11.5 Å². The number of aromatic nitrogens is 1. The fourth-order valence-electron chi connectivity index (χ4n) is 3.62. The number of carbonyl (C=O) groups excluding carboxylic acids is 1. The van der Waals surface area contributed by atoms with E-state index in [0.717, 1.165) is 61.7 Å². The quantitative estimate of drug-likeness (QED) is 0.800. The summed E-state index contributed by atoms with van der Waals surface area (Å²) in [6.45, 7) is 3.22. The first kappa shape index (κ1) is 19.2. The van der Waals surface area contributed by atoms with Gasteiger partial charge >= 0.3 is 0 Å². The summed E-state index contributed by atoms with van der Waals surface area (Å²) in [6.07, 6.45) is 2.27. The molecule has 8 heteroatoms. The molecule has 1 N–H and O–H groups in total. The predicted molar refractivity (Wildman–Crippen MR) is 107 cm³/mol. The lowest BCUT2D eigenvalue weighted by molar-refractivity contribution is -0.124. The van der Waals surface area contributed by atoms with Crippen molar-refractivity contribution in [2.75, 3.05) is 32.7 Å². The summed E-state index contributed by atoms with van der Waals surface area (Å²) in [7, 11) is 3.32. The van der Waals surface area contributed by atoms with Crippen LogP contribution in [0.15, 0.2) is 18.2 Å². The van der Waals surface area contributed by atoms with Gasteiger partial charge in [0, 0.05) is 43.6 Å². The van der Waals surface area contributed by atoms with Crippen molar-refractivity contribution in [1.29, 1.82) is 0 Å². The number of hydrogen-bond donors (Lipinski definition) is 1. The number of nitrogens with zero attached hydrogens (tertiary/aromatic N) is 2. The average Bonchev–Trinajstić information content (AvgIpc) is 3.36. The van der Waals surface area contributed by atoms with Gasteiger partial charge in [-0.2, -0.15) is 0 Å². The maximum absolute atomic E-state index is 12.3. The van der Waals surface area contributed by atoms with Gasteiger partial charge in [-0.1, -0.05) is 0 Å². The minimum absolute atomic E-state index is 0.0797. The Labute approximate surface area is 168 Å². The zero-order chi connectivity index (χ0) is 19.5. The van der Waals surface area contributed by atoms with E-state index in [-0.39, 0.29) is 12.0 Å². The number of carbonyl (C=O) groups is 1. The molecule has 1 saturated heterocycles. The van der Waals surface area contributed by atoms with Crippen LogP contribution in [0.3, 0.4) is 0 Å². The minimum Gasteiger partial charge on any atom is -0.497 e. The number of ether oxygens (including phenoxy) is 3. The van der Waals surface area contributed by atoms with Gasteiger partial charge < -0.3 is 14.2 Å². The molecular formula is C20H25N3O4S. The van der Waals surface area contributed by atoms with Gasteiger partial charge in [-0.25, -0.2) is 4.98 Å². The maximum Gasteiger partial charge on any atom is 0.255 e. The molecule has 2 aliphatic heterocycles. The van der Waals surface area contributed by atoms with E-state index in [1.165, 1.54) is 4.88 Å². The third kappa shape index (κ3) is 4.29. The maximum atomic E-state index is 12.3. The molecule has 0 spiro atoms. The first-order valence-corrected chi connectivity index (χ1v) is 10.3. The SMILES string of the molecule is COc1cc(CN2CCc3nc(NC(=O)C4CCCO4)sc3C2)cc(OC)c1. The van der Waals surface area contributed by atoms with Crippen LogP contribution in [0, 0.1) is 0 Å². The number of anilines is 1. The van der Waals surface area contributed by atoms with Crippen molar-refractivity contribution in [3.63, 3.8) is 0 Å². The molecule has 1 amide bonds. The van der Waals surface area contributed by atoms with Crippen LogP contribution in [0.4, 0.5) is 5.13 Å². The van der Waals surface area contributed by atoms with E-state index in [1.54, 1.807) is 25.6 Å². The van der Waals surface area contributed by atoms with Gasteiger partial charge in [0.15, 0.2) is 5.13 Å². The number of hydrogen-bond acceptors (Lipinski definition) is 7. The lowest BCUT2D eigenvalue weighted by atomic mass is 10.1. The Bertz CT molecular complexity index is 826. The largest absolute Gasteiger partial charge is 0.497 e. The van der Waals surface area contributed by atoms with Crippen molar-refractivity contribution in [2.45, 2.75) is 38.5 Å². The summed E-state index contributed by atoms with van der Waals surface area (Å²) < 4.78 is 16.2. The standard InChI is InChI=1S/C20H25N3O4S/c1-25-14-8-13(9-15(10-14)26-2)11-23-6-5-16-18(12-23)28-20(21-16)22-19(24)17-4-3-7-27-17/h8-10,17H,3-7,11-12H2,1-2H3,(H,21,22,24). The van der Waals surface area contributed by atoms with Crippen LogP contribution >= 0.6 is 11.3 Å². The number of rotatable bonds is 6. The van der Waals surface area contributed by atoms with Crippen LogP contribution in [0.25, 0.3) is 0 Å². The topological polar surface area (TPSA) is 72.9 Å². The monoisotopic (exact) mass is 403 g/mol. The molecule has 1 unspecified atom stereocenters. The molecule has 7 nitrogen and oxygen atoms in total. The number of amides is 1. The van der Waals surface area contributed by atoms with Crippen LogP contribution in [-0.4, -0.2) is 49.3 Å². The van der Waals surface area contributed by atoms with E-state index in [2.05, 4.69) is 15.2 Å². The smallest absolute Gasteiger partial charge is 0.255 e. The van der Waals surface area contributed by atoms with Crippen molar-refractivity contribution in [1.82, 2.24) is 9.88 Å². The number of fused-ring (bicyclic) bond motifs is 1. The number of benzene rings is 1. The molecule has 150 valence electrons. The molecule has 1 atom stereocenters. The second-order valence-electron chi connectivity index (χ2n) is 7.06. The Kier molecular flexibility index (Phi) is 5.79. The minimum atomic E-state index is -0.333. The molecular weight excluding hydrogens is 378 g/mol. The Balaban J connectivity index is 1.41. The third-order valence-corrected chi connectivity index (χ3v) is 6.08. The fourth-order valence-corrected chi connectivity index (χ4v) is 4.68. The average molecular weight is 404 g/mol.